The van der Waals surface area contributed by atoms with Gasteiger partial charge in [-0.3, -0.25) is 9.48 Å². The lowest BCUT2D eigenvalue weighted by molar-refractivity contribution is -0.137. The summed E-state index contributed by atoms with van der Waals surface area (Å²) in [6, 6.07) is 12.1. The molecule has 2 unspecified atom stereocenters. The molecule has 8 heteroatoms. The van der Waals surface area contributed by atoms with Gasteiger partial charge in [0.2, 0.25) is 5.91 Å². The number of hydrogen-bond donors (Lipinski definition) is 1. The van der Waals surface area contributed by atoms with E-state index in [4.69, 9.17) is 4.52 Å². The Hall–Kier alpha value is -3.26. The topological polar surface area (TPSA) is 93.3 Å². The van der Waals surface area contributed by atoms with Crippen LogP contribution in [0.4, 0.5) is 0 Å². The summed E-state index contributed by atoms with van der Waals surface area (Å²) in [5.74, 6) is 0.310. The van der Waals surface area contributed by atoms with Crippen LogP contribution in [0.5, 0.6) is 0 Å². The third-order valence-electron chi connectivity index (χ3n) is 6.08. The van der Waals surface area contributed by atoms with Gasteiger partial charge in [-0.1, -0.05) is 43.3 Å². The number of carbonyl (C=O) groups is 2. The van der Waals surface area contributed by atoms with Gasteiger partial charge >= 0.3 is 0 Å². The first-order valence-electron chi connectivity index (χ1n) is 11.8. The molecule has 0 aliphatic carbocycles. The Morgan fingerprint density at radius 2 is 2.00 bits per heavy atom. The first-order chi connectivity index (χ1) is 16.3. The molecule has 1 aliphatic rings. The van der Waals surface area contributed by atoms with E-state index in [1.807, 2.05) is 51.8 Å². The van der Waals surface area contributed by atoms with Gasteiger partial charge in [0.15, 0.2) is 0 Å². The number of rotatable bonds is 7. The number of aldehydes is 1. The van der Waals surface area contributed by atoms with Gasteiger partial charge in [-0.05, 0) is 49.9 Å². The molecule has 4 rings (SSSR count). The normalized spacial score (nSPS) is 16.3. The van der Waals surface area contributed by atoms with Crippen LogP contribution in [0, 0.1) is 12.8 Å². The Morgan fingerprint density at radius 3 is 2.53 bits per heavy atom. The number of likely N-dealkylation sites (tertiary alicyclic amines) is 1. The van der Waals surface area contributed by atoms with Crippen molar-refractivity contribution in [3.63, 3.8) is 0 Å². The molecule has 1 N–H and O–H groups in total. The highest BCUT2D eigenvalue weighted by Gasteiger charge is 2.36. The monoisotopic (exact) mass is 465 g/mol. The second kappa shape index (κ2) is 11.7. The highest BCUT2D eigenvalue weighted by atomic mass is 16.5. The SMILES string of the molecule is CNCc1ccc(-c2ccnn2C)cc1.Cc1cc(C(C(=O)N2CCCC2C=O)C(C)C)on1. The number of carbonyl (C=O) groups excluding carboxylic acids is 2. The van der Waals surface area contributed by atoms with E-state index in [0.29, 0.717) is 12.3 Å². The van der Waals surface area contributed by atoms with E-state index in [1.54, 1.807) is 11.0 Å². The number of nitrogens with one attached hydrogen (secondary N) is 1. The molecule has 1 amide bonds. The summed E-state index contributed by atoms with van der Waals surface area (Å²) >= 11 is 0. The summed E-state index contributed by atoms with van der Waals surface area (Å²) in [7, 11) is 3.91. The molecule has 0 radical (unpaired) electrons. The van der Waals surface area contributed by atoms with Gasteiger partial charge in [0, 0.05) is 32.4 Å². The van der Waals surface area contributed by atoms with Crippen LogP contribution >= 0.6 is 0 Å². The maximum Gasteiger partial charge on any atom is 0.234 e. The highest BCUT2D eigenvalue weighted by molar-refractivity contribution is 5.86. The molecule has 3 heterocycles. The maximum absolute atomic E-state index is 12.6. The van der Waals surface area contributed by atoms with E-state index in [9.17, 15) is 9.59 Å². The van der Waals surface area contributed by atoms with Gasteiger partial charge in [-0.2, -0.15) is 5.10 Å². The minimum atomic E-state index is -0.359. The highest BCUT2D eigenvalue weighted by Crippen LogP contribution is 2.30. The third kappa shape index (κ3) is 5.99. The van der Waals surface area contributed by atoms with E-state index < -0.39 is 0 Å². The first-order valence-corrected chi connectivity index (χ1v) is 11.8. The number of aryl methyl sites for hydroxylation is 2. The summed E-state index contributed by atoms with van der Waals surface area (Å²) in [5, 5.41) is 11.1. The van der Waals surface area contributed by atoms with Gasteiger partial charge in [-0.15, -0.1) is 0 Å². The van der Waals surface area contributed by atoms with Crippen molar-refractivity contribution < 1.29 is 14.1 Å². The summed E-state index contributed by atoms with van der Waals surface area (Å²) in [5.41, 5.74) is 4.41. The van der Waals surface area contributed by atoms with Crippen LogP contribution in [0.3, 0.4) is 0 Å². The maximum atomic E-state index is 12.6. The minimum Gasteiger partial charge on any atom is -0.360 e. The zero-order valence-corrected chi connectivity index (χ0v) is 20.7. The van der Waals surface area contributed by atoms with Crippen LogP contribution in [0.15, 0.2) is 47.1 Å². The molecule has 182 valence electrons. The van der Waals surface area contributed by atoms with Crippen molar-refractivity contribution in [2.75, 3.05) is 13.6 Å². The predicted molar refractivity (Wildman–Crippen MR) is 131 cm³/mol. The van der Waals surface area contributed by atoms with Gasteiger partial charge in [0.25, 0.3) is 0 Å². The molecule has 0 saturated carbocycles. The molecule has 1 aliphatic heterocycles. The van der Waals surface area contributed by atoms with Gasteiger partial charge < -0.3 is 19.5 Å². The molecule has 3 aromatic rings. The molecule has 34 heavy (non-hydrogen) atoms. The lowest BCUT2D eigenvalue weighted by Crippen LogP contribution is -2.40. The molecule has 8 nitrogen and oxygen atoms in total. The van der Waals surface area contributed by atoms with Crippen LogP contribution < -0.4 is 5.32 Å². The van der Waals surface area contributed by atoms with Crippen molar-refractivity contribution in [1.29, 1.82) is 0 Å². The Bertz CT molecular complexity index is 1070. The number of benzene rings is 1. The standard InChI is InChI=1S/C14H20N2O3.C12H15N3/c1-9(2)13(12-7-10(3)15-19-12)14(18)16-6-4-5-11(16)8-17;1-13-9-10-3-5-11(6-4-10)12-7-8-14-15(12)2/h7-9,11,13H,4-6H2,1-3H3;3-8,13H,9H2,1-2H3. The van der Waals surface area contributed by atoms with Crippen molar-refractivity contribution in [2.24, 2.45) is 13.0 Å². The fourth-order valence-electron chi connectivity index (χ4n) is 4.31. The largest absolute Gasteiger partial charge is 0.360 e. The fraction of sp³-hybridized carbons (Fsp3) is 0.462. The number of nitrogens with zero attached hydrogens (tertiary/aromatic N) is 4. The number of amides is 1. The predicted octanol–water partition coefficient (Wildman–Crippen LogP) is 3.72. The van der Waals surface area contributed by atoms with E-state index in [0.717, 1.165) is 37.1 Å². The second-order valence-corrected chi connectivity index (χ2v) is 9.04. The van der Waals surface area contributed by atoms with Crippen LogP contribution in [0.2, 0.25) is 0 Å². The Labute approximate surface area is 201 Å². The Balaban J connectivity index is 0.000000196. The van der Waals surface area contributed by atoms with Crippen LogP contribution in [-0.4, -0.2) is 51.7 Å². The summed E-state index contributed by atoms with van der Waals surface area (Å²) in [6.45, 7) is 7.35. The van der Waals surface area contributed by atoms with Crippen molar-refractivity contribution in [3.8, 4) is 11.3 Å². The molecule has 0 spiro atoms. The molecule has 1 saturated heterocycles. The molecule has 2 atom stereocenters. The average molecular weight is 466 g/mol. The van der Waals surface area contributed by atoms with E-state index >= 15 is 0 Å². The lowest BCUT2D eigenvalue weighted by atomic mass is 9.91. The van der Waals surface area contributed by atoms with E-state index in [-0.39, 0.29) is 23.8 Å². The quantitative estimate of drug-likeness (QED) is 0.535. The van der Waals surface area contributed by atoms with E-state index in [1.165, 1.54) is 11.1 Å². The number of hydrogen-bond acceptors (Lipinski definition) is 6. The van der Waals surface area contributed by atoms with Crippen molar-refractivity contribution in [1.82, 2.24) is 25.2 Å². The minimum absolute atomic E-state index is 0.0271. The van der Waals surface area contributed by atoms with Crippen LogP contribution in [0.25, 0.3) is 11.3 Å². The Kier molecular flexibility index (Phi) is 8.76. The van der Waals surface area contributed by atoms with Crippen molar-refractivity contribution >= 4 is 12.2 Å². The third-order valence-corrected chi connectivity index (χ3v) is 6.08. The molecular formula is C26H35N5O3. The van der Waals surface area contributed by atoms with Crippen LogP contribution in [-0.2, 0) is 23.2 Å². The zero-order valence-electron chi connectivity index (χ0n) is 20.7. The summed E-state index contributed by atoms with van der Waals surface area (Å²) in [6.07, 6.45) is 4.33. The fourth-order valence-corrected chi connectivity index (χ4v) is 4.31. The van der Waals surface area contributed by atoms with Crippen molar-refractivity contribution in [2.45, 2.75) is 52.1 Å². The Morgan fingerprint density at radius 1 is 1.26 bits per heavy atom. The lowest BCUT2D eigenvalue weighted by Gasteiger charge is -2.26. The molecule has 2 aromatic heterocycles. The van der Waals surface area contributed by atoms with E-state index in [2.05, 4.69) is 39.8 Å². The first kappa shape index (κ1) is 25.4. The van der Waals surface area contributed by atoms with Gasteiger partial charge in [0.1, 0.15) is 18.0 Å². The summed E-state index contributed by atoms with van der Waals surface area (Å²) < 4.78 is 7.13. The van der Waals surface area contributed by atoms with Gasteiger partial charge in [-0.25, -0.2) is 0 Å². The molecule has 0 bridgehead atoms. The summed E-state index contributed by atoms with van der Waals surface area (Å²) in [4.78, 5) is 25.3. The van der Waals surface area contributed by atoms with Gasteiger partial charge in [0.05, 0.1) is 17.4 Å². The molecule has 1 aromatic carbocycles. The zero-order chi connectivity index (χ0) is 24.7. The molecular weight excluding hydrogens is 430 g/mol. The van der Waals surface area contributed by atoms with Crippen molar-refractivity contribution in [3.05, 3.63) is 59.6 Å². The smallest absolute Gasteiger partial charge is 0.234 e. The number of aromatic nitrogens is 3. The molecule has 1 fully saturated rings. The van der Waals surface area contributed by atoms with Crippen LogP contribution in [0.1, 0.15) is 49.6 Å². The second-order valence-electron chi connectivity index (χ2n) is 9.04. The average Bonchev–Trinajstić information content (AvgIpc) is 3.56.